The number of carbonyl (C=O) groups excluding carboxylic acids is 1. The van der Waals surface area contributed by atoms with Crippen molar-refractivity contribution in [2.75, 3.05) is 13.1 Å². The number of aryl methyl sites for hydroxylation is 1. The zero-order valence-electron chi connectivity index (χ0n) is 16.1. The maximum Gasteiger partial charge on any atom is 0.471 e. The summed E-state index contributed by atoms with van der Waals surface area (Å²) in [5, 5.41) is 3.91. The molecule has 3 aromatic rings. The predicted octanol–water partition coefficient (Wildman–Crippen LogP) is 3.77. The van der Waals surface area contributed by atoms with E-state index >= 15 is 0 Å². The van der Waals surface area contributed by atoms with Crippen LogP contribution < -0.4 is 0 Å². The van der Waals surface area contributed by atoms with Crippen molar-refractivity contribution in [1.82, 2.24) is 25.0 Å². The number of aromatic nitrogens is 4. The fourth-order valence-electron chi connectivity index (χ4n) is 3.56. The molecule has 3 aromatic heterocycles. The molecular formula is C20H18F3N5O2. The molecule has 7 nitrogen and oxygen atoms in total. The normalized spacial score (nSPS) is 15.4. The van der Waals surface area contributed by atoms with E-state index in [4.69, 9.17) is 9.51 Å². The summed E-state index contributed by atoms with van der Waals surface area (Å²) in [6, 6.07) is 5.32. The van der Waals surface area contributed by atoms with Crippen molar-refractivity contribution in [1.29, 1.82) is 0 Å². The molecule has 0 atom stereocenters. The molecule has 1 fully saturated rings. The van der Waals surface area contributed by atoms with Gasteiger partial charge in [-0.2, -0.15) is 13.2 Å². The van der Waals surface area contributed by atoms with Crippen molar-refractivity contribution in [3.05, 3.63) is 48.2 Å². The SMILES string of the molecule is Cc1cc(-c2cnc(-c3ccncc3)nc2C2CCN(C(=O)C(F)(F)F)CC2)on1. The summed E-state index contributed by atoms with van der Waals surface area (Å²) in [5.41, 5.74) is 2.79. The van der Waals surface area contributed by atoms with Crippen molar-refractivity contribution in [2.24, 2.45) is 0 Å². The largest absolute Gasteiger partial charge is 0.471 e. The second-order valence-corrected chi connectivity index (χ2v) is 7.13. The van der Waals surface area contributed by atoms with Crippen molar-refractivity contribution in [2.45, 2.75) is 31.9 Å². The molecule has 1 amide bonds. The minimum absolute atomic E-state index is 0.00642. The zero-order chi connectivity index (χ0) is 21.3. The van der Waals surface area contributed by atoms with Gasteiger partial charge in [0.1, 0.15) is 0 Å². The molecular weight excluding hydrogens is 399 g/mol. The van der Waals surface area contributed by atoms with Crippen LogP contribution >= 0.6 is 0 Å². The Labute approximate surface area is 170 Å². The van der Waals surface area contributed by atoms with Gasteiger partial charge in [0, 0.05) is 49.2 Å². The lowest BCUT2D eigenvalue weighted by Crippen LogP contribution is -2.45. The van der Waals surface area contributed by atoms with Crippen molar-refractivity contribution < 1.29 is 22.5 Å². The van der Waals surface area contributed by atoms with Gasteiger partial charge in [-0.25, -0.2) is 9.97 Å². The fraction of sp³-hybridized carbons (Fsp3) is 0.350. The second-order valence-electron chi connectivity index (χ2n) is 7.13. The minimum Gasteiger partial charge on any atom is -0.356 e. The number of piperidine rings is 1. The van der Waals surface area contributed by atoms with Crippen LogP contribution in [0.1, 0.15) is 30.1 Å². The van der Waals surface area contributed by atoms with E-state index in [1.807, 2.05) is 0 Å². The number of amides is 1. The Morgan fingerprint density at radius 3 is 2.50 bits per heavy atom. The molecule has 4 heterocycles. The van der Waals surface area contributed by atoms with Crippen LogP contribution in [-0.2, 0) is 4.79 Å². The topological polar surface area (TPSA) is 85.0 Å². The van der Waals surface area contributed by atoms with Crippen LogP contribution in [-0.4, -0.2) is 50.2 Å². The van der Waals surface area contributed by atoms with Crippen LogP contribution in [0.3, 0.4) is 0 Å². The standard InChI is InChI=1S/C20H18F3N5O2/c1-12-10-16(30-27-12)15-11-25-18(14-2-6-24-7-3-14)26-17(15)13-4-8-28(9-5-13)19(29)20(21,22)23/h2-3,6-7,10-11,13H,4-5,8-9H2,1H3. The van der Waals surface area contributed by atoms with E-state index in [1.165, 1.54) is 0 Å². The molecule has 0 radical (unpaired) electrons. The summed E-state index contributed by atoms with van der Waals surface area (Å²) in [7, 11) is 0. The van der Waals surface area contributed by atoms with E-state index in [-0.39, 0.29) is 19.0 Å². The van der Waals surface area contributed by atoms with Crippen LogP contribution in [0.4, 0.5) is 13.2 Å². The Morgan fingerprint density at radius 2 is 1.90 bits per heavy atom. The number of likely N-dealkylation sites (tertiary alicyclic amines) is 1. The van der Waals surface area contributed by atoms with E-state index in [1.54, 1.807) is 43.7 Å². The molecule has 0 aromatic carbocycles. The molecule has 1 saturated heterocycles. The van der Waals surface area contributed by atoms with Gasteiger partial charge in [-0.3, -0.25) is 9.78 Å². The highest BCUT2D eigenvalue weighted by atomic mass is 19.4. The number of rotatable bonds is 3. The van der Waals surface area contributed by atoms with E-state index in [0.29, 0.717) is 41.4 Å². The van der Waals surface area contributed by atoms with Gasteiger partial charge < -0.3 is 9.42 Å². The molecule has 0 saturated carbocycles. The molecule has 0 aliphatic carbocycles. The quantitative estimate of drug-likeness (QED) is 0.645. The first kappa shape index (κ1) is 20.0. The van der Waals surface area contributed by atoms with Gasteiger partial charge in [-0.1, -0.05) is 5.16 Å². The molecule has 0 bridgehead atoms. The highest BCUT2D eigenvalue weighted by Crippen LogP contribution is 2.36. The van der Waals surface area contributed by atoms with Gasteiger partial charge >= 0.3 is 12.1 Å². The van der Waals surface area contributed by atoms with Crippen LogP contribution in [0.15, 0.2) is 41.3 Å². The molecule has 0 unspecified atom stereocenters. The number of pyridine rings is 1. The lowest BCUT2D eigenvalue weighted by molar-refractivity contribution is -0.186. The summed E-state index contributed by atoms with van der Waals surface area (Å²) in [6.07, 6.45) is 0.758. The lowest BCUT2D eigenvalue weighted by atomic mass is 9.90. The fourth-order valence-corrected chi connectivity index (χ4v) is 3.56. The van der Waals surface area contributed by atoms with Gasteiger partial charge in [-0.05, 0) is 31.9 Å². The summed E-state index contributed by atoms with van der Waals surface area (Å²) in [5.74, 6) is -0.961. The molecule has 1 aliphatic rings. The first-order chi connectivity index (χ1) is 14.3. The van der Waals surface area contributed by atoms with Crippen molar-refractivity contribution in [3.63, 3.8) is 0 Å². The molecule has 30 heavy (non-hydrogen) atoms. The van der Waals surface area contributed by atoms with Crippen LogP contribution in [0.5, 0.6) is 0 Å². The molecule has 1 aliphatic heterocycles. The number of nitrogens with zero attached hydrogens (tertiary/aromatic N) is 5. The lowest BCUT2D eigenvalue weighted by Gasteiger charge is -2.32. The van der Waals surface area contributed by atoms with E-state index in [0.717, 1.165) is 10.5 Å². The summed E-state index contributed by atoms with van der Waals surface area (Å²) >= 11 is 0. The van der Waals surface area contributed by atoms with E-state index in [9.17, 15) is 18.0 Å². The number of hydrogen-bond donors (Lipinski definition) is 0. The Balaban J connectivity index is 1.66. The summed E-state index contributed by atoms with van der Waals surface area (Å²) in [6.45, 7) is 1.80. The Kier molecular flexibility index (Phi) is 5.23. The monoisotopic (exact) mass is 417 g/mol. The highest BCUT2D eigenvalue weighted by molar-refractivity contribution is 5.82. The van der Waals surface area contributed by atoms with Crippen molar-refractivity contribution >= 4 is 5.91 Å². The first-order valence-corrected chi connectivity index (χ1v) is 9.40. The Morgan fingerprint density at radius 1 is 1.20 bits per heavy atom. The van der Waals surface area contributed by atoms with Gasteiger partial charge in [0.05, 0.1) is 17.0 Å². The third-order valence-electron chi connectivity index (χ3n) is 5.06. The molecule has 0 N–H and O–H groups in total. The highest BCUT2D eigenvalue weighted by Gasteiger charge is 2.43. The summed E-state index contributed by atoms with van der Waals surface area (Å²) in [4.78, 5) is 25.5. The summed E-state index contributed by atoms with van der Waals surface area (Å²) < 4.78 is 43.6. The van der Waals surface area contributed by atoms with E-state index in [2.05, 4.69) is 15.1 Å². The van der Waals surface area contributed by atoms with Gasteiger partial charge in [0.15, 0.2) is 11.6 Å². The molecule has 4 rings (SSSR count). The molecule has 156 valence electrons. The Bertz CT molecular complexity index is 1040. The number of hydrogen-bond acceptors (Lipinski definition) is 6. The smallest absolute Gasteiger partial charge is 0.356 e. The molecule has 10 heteroatoms. The predicted molar refractivity (Wildman–Crippen MR) is 100 cm³/mol. The molecule has 0 spiro atoms. The van der Waals surface area contributed by atoms with Crippen LogP contribution in [0.25, 0.3) is 22.7 Å². The van der Waals surface area contributed by atoms with Crippen molar-refractivity contribution in [3.8, 4) is 22.7 Å². The average molecular weight is 417 g/mol. The van der Waals surface area contributed by atoms with Crippen LogP contribution in [0, 0.1) is 6.92 Å². The van der Waals surface area contributed by atoms with Gasteiger partial charge in [0.25, 0.3) is 0 Å². The third-order valence-corrected chi connectivity index (χ3v) is 5.06. The van der Waals surface area contributed by atoms with Crippen LogP contribution in [0.2, 0.25) is 0 Å². The Hall–Kier alpha value is -3.30. The maximum absolute atomic E-state index is 12.7. The number of alkyl halides is 3. The van der Waals surface area contributed by atoms with Gasteiger partial charge in [-0.15, -0.1) is 0 Å². The third kappa shape index (κ3) is 4.03. The minimum atomic E-state index is -4.86. The van der Waals surface area contributed by atoms with Gasteiger partial charge in [0.2, 0.25) is 0 Å². The van der Waals surface area contributed by atoms with E-state index < -0.39 is 12.1 Å². The zero-order valence-corrected chi connectivity index (χ0v) is 16.1. The number of carbonyl (C=O) groups is 1. The average Bonchev–Trinajstić information content (AvgIpc) is 3.19. The second kappa shape index (κ2) is 7.85. The first-order valence-electron chi connectivity index (χ1n) is 9.40. The maximum atomic E-state index is 12.7. The number of halogens is 3.